The summed E-state index contributed by atoms with van der Waals surface area (Å²) in [6, 6.07) is 5.16. The molecule has 2 N–H and O–H groups in total. The van der Waals surface area contributed by atoms with Gasteiger partial charge in [0.05, 0.1) is 6.04 Å². The minimum atomic E-state index is -3.47. The van der Waals surface area contributed by atoms with Crippen molar-refractivity contribution in [1.29, 1.82) is 0 Å². The van der Waals surface area contributed by atoms with Crippen LogP contribution < -0.4 is 5.73 Å². The standard InChI is InChI=1S/C13H15N3O2S2/c14-11-7-13(19-9-11)20(17,18)16-6-2-4-12(16)10-3-1-5-15-8-10/h1,3,5,7-9,12H,2,4,6,14H2. The summed E-state index contributed by atoms with van der Waals surface area (Å²) < 4.78 is 27.3. The summed E-state index contributed by atoms with van der Waals surface area (Å²) >= 11 is 1.17. The molecule has 0 radical (unpaired) electrons. The molecule has 0 aromatic carbocycles. The topological polar surface area (TPSA) is 76.3 Å². The van der Waals surface area contributed by atoms with Crippen LogP contribution in [0.5, 0.6) is 0 Å². The van der Waals surface area contributed by atoms with Gasteiger partial charge in [-0.2, -0.15) is 4.31 Å². The second kappa shape index (κ2) is 5.16. The Morgan fingerprint density at radius 3 is 2.95 bits per heavy atom. The summed E-state index contributed by atoms with van der Waals surface area (Å²) in [5, 5.41) is 1.65. The molecule has 3 heterocycles. The predicted octanol–water partition coefficient (Wildman–Crippen LogP) is 2.25. The van der Waals surface area contributed by atoms with Gasteiger partial charge in [0.15, 0.2) is 0 Å². The van der Waals surface area contributed by atoms with E-state index in [2.05, 4.69) is 4.98 Å². The van der Waals surface area contributed by atoms with Crippen molar-refractivity contribution in [3.05, 3.63) is 41.5 Å². The van der Waals surface area contributed by atoms with Gasteiger partial charge >= 0.3 is 0 Å². The van der Waals surface area contributed by atoms with Crippen molar-refractivity contribution in [1.82, 2.24) is 9.29 Å². The highest BCUT2D eigenvalue weighted by Gasteiger charge is 2.36. The first-order chi connectivity index (χ1) is 9.59. The molecule has 1 unspecified atom stereocenters. The van der Waals surface area contributed by atoms with Crippen LogP contribution in [-0.4, -0.2) is 24.3 Å². The normalized spacial score (nSPS) is 20.3. The van der Waals surface area contributed by atoms with Crippen LogP contribution in [0, 0.1) is 0 Å². The highest BCUT2D eigenvalue weighted by atomic mass is 32.2. The van der Waals surface area contributed by atoms with Gasteiger partial charge in [0.1, 0.15) is 4.21 Å². The average Bonchev–Trinajstić information content (AvgIpc) is 3.08. The lowest BCUT2D eigenvalue weighted by Crippen LogP contribution is -2.30. The summed E-state index contributed by atoms with van der Waals surface area (Å²) in [6.45, 7) is 0.541. The predicted molar refractivity (Wildman–Crippen MR) is 78.8 cm³/mol. The Bertz CT molecular complexity index is 697. The van der Waals surface area contributed by atoms with E-state index in [9.17, 15) is 8.42 Å². The van der Waals surface area contributed by atoms with Gasteiger partial charge in [-0.05, 0) is 30.5 Å². The lowest BCUT2D eigenvalue weighted by molar-refractivity contribution is 0.397. The third-order valence-corrected chi connectivity index (χ3v) is 6.77. The molecule has 3 rings (SSSR count). The zero-order chi connectivity index (χ0) is 14.2. The van der Waals surface area contributed by atoms with Gasteiger partial charge in [-0.1, -0.05) is 6.07 Å². The average molecular weight is 309 g/mol. The molecule has 0 amide bonds. The number of nitrogens with two attached hydrogens (primary N) is 1. The van der Waals surface area contributed by atoms with Crippen LogP contribution in [-0.2, 0) is 10.0 Å². The van der Waals surface area contributed by atoms with E-state index in [4.69, 9.17) is 5.73 Å². The fourth-order valence-corrected chi connectivity index (χ4v) is 5.41. The molecule has 1 aliphatic rings. The molecule has 1 atom stereocenters. The largest absolute Gasteiger partial charge is 0.398 e. The summed E-state index contributed by atoms with van der Waals surface area (Å²) in [6.07, 6.45) is 5.12. The van der Waals surface area contributed by atoms with Crippen LogP contribution in [0.25, 0.3) is 0 Å². The Labute approximate surface area is 122 Å². The van der Waals surface area contributed by atoms with Gasteiger partial charge in [0.2, 0.25) is 0 Å². The first kappa shape index (κ1) is 13.5. The Morgan fingerprint density at radius 2 is 2.30 bits per heavy atom. The van der Waals surface area contributed by atoms with Crippen molar-refractivity contribution in [3.8, 4) is 0 Å². The first-order valence-electron chi connectivity index (χ1n) is 6.35. The maximum absolute atomic E-state index is 12.7. The molecule has 1 aliphatic heterocycles. The molecule has 2 aromatic heterocycles. The van der Waals surface area contributed by atoms with Crippen LogP contribution in [0.4, 0.5) is 5.69 Å². The molecule has 0 bridgehead atoms. The maximum atomic E-state index is 12.7. The van der Waals surface area contributed by atoms with Gasteiger partial charge < -0.3 is 5.73 Å². The van der Waals surface area contributed by atoms with Gasteiger partial charge in [-0.15, -0.1) is 11.3 Å². The number of nitrogens with zero attached hydrogens (tertiary/aromatic N) is 2. The van der Waals surface area contributed by atoms with Crippen LogP contribution in [0.1, 0.15) is 24.4 Å². The SMILES string of the molecule is Nc1csc(S(=O)(=O)N2CCCC2c2cccnc2)c1. The summed E-state index contributed by atoms with van der Waals surface area (Å²) in [7, 11) is -3.47. The number of nitrogen functional groups attached to an aromatic ring is 1. The van der Waals surface area contributed by atoms with Gasteiger partial charge in [-0.25, -0.2) is 8.42 Å². The molecule has 1 saturated heterocycles. The zero-order valence-corrected chi connectivity index (χ0v) is 12.4. The number of hydrogen-bond donors (Lipinski definition) is 1. The van der Waals surface area contributed by atoms with Crippen molar-refractivity contribution >= 4 is 27.0 Å². The molecule has 1 fully saturated rings. The van der Waals surface area contributed by atoms with Gasteiger partial charge in [0.25, 0.3) is 10.0 Å². The van der Waals surface area contributed by atoms with E-state index in [1.807, 2.05) is 12.1 Å². The smallest absolute Gasteiger partial charge is 0.253 e. The van der Waals surface area contributed by atoms with E-state index in [1.54, 1.807) is 22.1 Å². The fraction of sp³-hybridized carbons (Fsp3) is 0.308. The Balaban J connectivity index is 1.97. The number of rotatable bonds is 3. The first-order valence-corrected chi connectivity index (χ1v) is 8.67. The van der Waals surface area contributed by atoms with E-state index in [1.165, 1.54) is 17.4 Å². The summed E-state index contributed by atoms with van der Waals surface area (Å²) in [5.74, 6) is 0. The molecule has 20 heavy (non-hydrogen) atoms. The number of hydrogen-bond acceptors (Lipinski definition) is 5. The number of pyridine rings is 1. The molecule has 0 saturated carbocycles. The monoisotopic (exact) mass is 309 g/mol. The van der Waals surface area contributed by atoms with E-state index in [0.29, 0.717) is 16.4 Å². The molecular weight excluding hydrogens is 294 g/mol. The van der Waals surface area contributed by atoms with Crippen LogP contribution in [0.15, 0.2) is 40.2 Å². The third kappa shape index (κ3) is 2.32. The minimum Gasteiger partial charge on any atom is -0.398 e. The fourth-order valence-electron chi connectivity index (χ4n) is 2.52. The van der Waals surface area contributed by atoms with Gasteiger partial charge in [0, 0.05) is 30.0 Å². The van der Waals surface area contributed by atoms with E-state index in [0.717, 1.165) is 18.4 Å². The van der Waals surface area contributed by atoms with E-state index < -0.39 is 10.0 Å². The second-order valence-electron chi connectivity index (χ2n) is 4.76. The maximum Gasteiger partial charge on any atom is 0.253 e. The summed E-state index contributed by atoms with van der Waals surface area (Å²) in [5.41, 5.74) is 7.07. The van der Waals surface area contributed by atoms with Crippen molar-refractivity contribution in [2.24, 2.45) is 0 Å². The van der Waals surface area contributed by atoms with Crippen molar-refractivity contribution in [3.63, 3.8) is 0 Å². The third-order valence-electron chi connectivity index (χ3n) is 3.43. The second-order valence-corrected chi connectivity index (χ2v) is 7.79. The molecule has 106 valence electrons. The van der Waals surface area contributed by atoms with Crippen molar-refractivity contribution in [2.75, 3.05) is 12.3 Å². The lowest BCUT2D eigenvalue weighted by Gasteiger charge is -2.23. The number of thiophene rings is 1. The van der Waals surface area contributed by atoms with E-state index in [-0.39, 0.29) is 6.04 Å². The lowest BCUT2D eigenvalue weighted by atomic mass is 10.1. The number of sulfonamides is 1. The van der Waals surface area contributed by atoms with Gasteiger partial charge in [-0.3, -0.25) is 4.98 Å². The molecular formula is C13H15N3O2S2. The van der Waals surface area contributed by atoms with Crippen LogP contribution in [0.3, 0.4) is 0 Å². The van der Waals surface area contributed by atoms with E-state index >= 15 is 0 Å². The summed E-state index contributed by atoms with van der Waals surface area (Å²) in [4.78, 5) is 4.08. The van der Waals surface area contributed by atoms with Crippen LogP contribution in [0.2, 0.25) is 0 Å². The van der Waals surface area contributed by atoms with Crippen LogP contribution >= 0.6 is 11.3 Å². The Kier molecular flexibility index (Phi) is 3.49. The Hall–Kier alpha value is -1.44. The quantitative estimate of drug-likeness (QED) is 0.943. The molecule has 5 nitrogen and oxygen atoms in total. The highest BCUT2D eigenvalue weighted by Crippen LogP contribution is 2.37. The molecule has 0 aliphatic carbocycles. The zero-order valence-electron chi connectivity index (χ0n) is 10.8. The van der Waals surface area contributed by atoms with Crippen molar-refractivity contribution < 1.29 is 8.42 Å². The minimum absolute atomic E-state index is 0.128. The molecule has 2 aromatic rings. The van der Waals surface area contributed by atoms with Crippen molar-refractivity contribution in [2.45, 2.75) is 23.1 Å². The number of anilines is 1. The molecule has 0 spiro atoms. The Morgan fingerprint density at radius 1 is 1.45 bits per heavy atom. The number of aromatic nitrogens is 1. The highest BCUT2D eigenvalue weighted by molar-refractivity contribution is 7.91. The molecule has 7 heteroatoms.